The van der Waals surface area contributed by atoms with Gasteiger partial charge in [-0.3, -0.25) is 0 Å². The van der Waals surface area contributed by atoms with Crippen LogP contribution in [0.15, 0.2) is 78.7 Å². The molecule has 0 bridgehead atoms. The van der Waals surface area contributed by atoms with Crippen molar-refractivity contribution >= 4 is 17.3 Å². The first-order valence-electron chi connectivity index (χ1n) is 7.97. The molecule has 2 N–H and O–H groups in total. The summed E-state index contributed by atoms with van der Waals surface area (Å²) in [7, 11) is 0. The number of dihydropyridines is 1. The maximum absolute atomic E-state index is 6.35. The van der Waals surface area contributed by atoms with Crippen LogP contribution in [0.2, 0.25) is 5.02 Å². The van der Waals surface area contributed by atoms with Crippen molar-refractivity contribution in [2.45, 2.75) is 19.9 Å². The largest absolute Gasteiger partial charge is 0.378 e. The van der Waals surface area contributed by atoms with Crippen molar-refractivity contribution in [2.24, 2.45) is 0 Å². The fourth-order valence-electron chi connectivity index (χ4n) is 2.92. The van der Waals surface area contributed by atoms with Crippen molar-refractivity contribution in [1.82, 2.24) is 10.6 Å². The Morgan fingerprint density at radius 2 is 1.79 bits per heavy atom. The van der Waals surface area contributed by atoms with Crippen LogP contribution in [0.5, 0.6) is 0 Å². The second-order valence-corrected chi connectivity index (χ2v) is 6.42. The maximum atomic E-state index is 6.35. The van der Waals surface area contributed by atoms with Gasteiger partial charge in [0.25, 0.3) is 0 Å². The predicted molar refractivity (Wildman–Crippen MR) is 103 cm³/mol. The van der Waals surface area contributed by atoms with Crippen LogP contribution in [-0.2, 0) is 0 Å². The minimum absolute atomic E-state index is 0.0378. The van der Waals surface area contributed by atoms with Gasteiger partial charge in [0.2, 0.25) is 0 Å². The molecule has 24 heavy (non-hydrogen) atoms. The Balaban J connectivity index is 1.85. The van der Waals surface area contributed by atoms with E-state index in [0.29, 0.717) is 0 Å². The molecule has 0 aromatic heterocycles. The van der Waals surface area contributed by atoms with E-state index in [4.69, 9.17) is 11.6 Å². The van der Waals surface area contributed by atoms with Crippen LogP contribution in [0.1, 0.15) is 29.7 Å². The van der Waals surface area contributed by atoms with Gasteiger partial charge in [-0.15, -0.1) is 0 Å². The van der Waals surface area contributed by atoms with Crippen molar-refractivity contribution in [3.05, 3.63) is 100 Å². The Labute approximate surface area is 148 Å². The number of hydrogen-bond acceptors (Lipinski definition) is 2. The molecular formula is C21H21ClN2. The lowest BCUT2D eigenvalue weighted by Gasteiger charge is -2.25. The van der Waals surface area contributed by atoms with Crippen molar-refractivity contribution in [3.63, 3.8) is 0 Å². The van der Waals surface area contributed by atoms with Crippen LogP contribution in [0, 0.1) is 6.92 Å². The molecule has 3 rings (SSSR count). The zero-order valence-electron chi connectivity index (χ0n) is 13.9. The Morgan fingerprint density at radius 1 is 1.08 bits per heavy atom. The molecule has 1 heterocycles. The minimum atomic E-state index is 0.0378. The van der Waals surface area contributed by atoms with E-state index in [9.17, 15) is 0 Å². The minimum Gasteiger partial charge on any atom is -0.378 e. The van der Waals surface area contributed by atoms with Gasteiger partial charge in [-0.2, -0.15) is 0 Å². The number of allylic oxidation sites excluding steroid dienone is 2. The molecule has 1 aliphatic rings. The van der Waals surface area contributed by atoms with Gasteiger partial charge in [-0.25, -0.2) is 0 Å². The summed E-state index contributed by atoms with van der Waals surface area (Å²) in [5.41, 5.74) is 6.38. The van der Waals surface area contributed by atoms with Gasteiger partial charge in [0.1, 0.15) is 0 Å². The van der Waals surface area contributed by atoms with Gasteiger partial charge < -0.3 is 10.6 Å². The lowest BCUT2D eigenvalue weighted by Crippen LogP contribution is -2.25. The molecule has 2 aromatic rings. The fourth-order valence-corrected chi connectivity index (χ4v) is 3.17. The number of rotatable bonds is 4. The van der Waals surface area contributed by atoms with E-state index in [1.165, 1.54) is 5.56 Å². The molecule has 0 aliphatic carbocycles. The number of benzene rings is 2. The average molecular weight is 337 g/mol. The van der Waals surface area contributed by atoms with Gasteiger partial charge in [0, 0.05) is 27.7 Å². The van der Waals surface area contributed by atoms with Crippen molar-refractivity contribution in [1.29, 1.82) is 0 Å². The second kappa shape index (κ2) is 6.98. The van der Waals surface area contributed by atoms with Crippen LogP contribution in [-0.4, -0.2) is 0 Å². The quantitative estimate of drug-likeness (QED) is 0.787. The third-order valence-electron chi connectivity index (χ3n) is 4.11. The van der Waals surface area contributed by atoms with Gasteiger partial charge in [0.05, 0.1) is 6.04 Å². The monoisotopic (exact) mass is 336 g/mol. The number of aryl methyl sites for hydroxylation is 1. The van der Waals surface area contributed by atoms with E-state index in [1.54, 1.807) is 0 Å². The van der Waals surface area contributed by atoms with E-state index in [-0.39, 0.29) is 6.04 Å². The Kier molecular flexibility index (Phi) is 4.77. The zero-order chi connectivity index (χ0) is 17.1. The molecule has 1 unspecified atom stereocenters. The molecular weight excluding hydrogens is 316 g/mol. The first-order valence-corrected chi connectivity index (χ1v) is 8.35. The molecule has 2 nitrogen and oxygen atoms in total. The molecule has 0 fully saturated rings. The van der Waals surface area contributed by atoms with Gasteiger partial charge in [0.15, 0.2) is 0 Å². The van der Waals surface area contributed by atoms with Crippen LogP contribution in [0.3, 0.4) is 0 Å². The van der Waals surface area contributed by atoms with Crippen LogP contribution < -0.4 is 10.6 Å². The molecule has 2 aromatic carbocycles. The summed E-state index contributed by atoms with van der Waals surface area (Å²) in [4.78, 5) is 0. The standard InChI is InChI=1S/C21H21ClN2/c1-14-8-4-5-9-18(14)16(3)24-17-12-15(2)23-21(13-17)19-10-6-7-11-20(19)22/h4-13,21,23-24H,3H2,1-2H3. The van der Waals surface area contributed by atoms with E-state index < -0.39 is 0 Å². The van der Waals surface area contributed by atoms with Gasteiger partial charge >= 0.3 is 0 Å². The molecule has 0 amide bonds. The molecule has 0 saturated heterocycles. The summed E-state index contributed by atoms with van der Waals surface area (Å²) in [5, 5.41) is 7.65. The van der Waals surface area contributed by atoms with Crippen molar-refractivity contribution < 1.29 is 0 Å². The Bertz CT molecular complexity index is 833. The Hall–Kier alpha value is -2.45. The highest BCUT2D eigenvalue weighted by atomic mass is 35.5. The fraction of sp³-hybridized carbons (Fsp3) is 0.143. The normalized spacial score (nSPS) is 16.7. The third-order valence-corrected chi connectivity index (χ3v) is 4.45. The molecule has 122 valence electrons. The maximum Gasteiger partial charge on any atom is 0.0732 e. The smallest absolute Gasteiger partial charge is 0.0732 e. The first kappa shape index (κ1) is 16.4. The number of hydrogen-bond donors (Lipinski definition) is 2. The van der Waals surface area contributed by atoms with Crippen molar-refractivity contribution in [3.8, 4) is 0 Å². The zero-order valence-corrected chi connectivity index (χ0v) is 14.7. The van der Waals surface area contributed by atoms with Crippen molar-refractivity contribution in [2.75, 3.05) is 0 Å². The average Bonchev–Trinajstić information content (AvgIpc) is 2.55. The summed E-state index contributed by atoms with van der Waals surface area (Å²) < 4.78 is 0. The Morgan fingerprint density at radius 3 is 2.54 bits per heavy atom. The molecule has 0 saturated carbocycles. The number of halogens is 1. The SMILES string of the molecule is C=C(NC1=CC(c2ccccc2Cl)NC(C)=C1)c1ccccc1C. The summed E-state index contributed by atoms with van der Waals surface area (Å²) in [6, 6.07) is 16.2. The van der Waals surface area contributed by atoms with Gasteiger partial charge in [-0.05, 0) is 43.2 Å². The predicted octanol–water partition coefficient (Wildman–Crippen LogP) is 5.34. The highest BCUT2D eigenvalue weighted by molar-refractivity contribution is 6.31. The summed E-state index contributed by atoms with van der Waals surface area (Å²) in [6.45, 7) is 8.33. The summed E-state index contributed by atoms with van der Waals surface area (Å²) in [6.07, 6.45) is 4.22. The molecule has 3 heteroatoms. The first-order chi connectivity index (χ1) is 11.5. The van der Waals surface area contributed by atoms with Gasteiger partial charge in [-0.1, -0.05) is 60.6 Å². The highest BCUT2D eigenvalue weighted by Crippen LogP contribution is 2.28. The number of nitrogens with one attached hydrogen (secondary N) is 2. The van der Waals surface area contributed by atoms with Crippen LogP contribution in [0.4, 0.5) is 0 Å². The molecule has 0 radical (unpaired) electrons. The highest BCUT2D eigenvalue weighted by Gasteiger charge is 2.17. The lowest BCUT2D eigenvalue weighted by molar-refractivity contribution is 0.691. The van der Waals surface area contributed by atoms with E-state index in [1.807, 2.05) is 36.4 Å². The summed E-state index contributed by atoms with van der Waals surface area (Å²) in [5.74, 6) is 0. The summed E-state index contributed by atoms with van der Waals surface area (Å²) >= 11 is 6.35. The second-order valence-electron chi connectivity index (χ2n) is 6.01. The van der Waals surface area contributed by atoms with Crippen LogP contribution in [0.25, 0.3) is 5.70 Å². The molecule has 0 spiro atoms. The lowest BCUT2D eigenvalue weighted by atomic mass is 10.0. The van der Waals surface area contributed by atoms with E-state index >= 15 is 0 Å². The van der Waals surface area contributed by atoms with E-state index in [0.717, 1.165) is 33.2 Å². The molecule has 1 atom stereocenters. The van der Waals surface area contributed by atoms with Crippen LogP contribution >= 0.6 is 11.6 Å². The third kappa shape index (κ3) is 3.55. The molecule has 1 aliphatic heterocycles. The van der Waals surface area contributed by atoms with E-state index in [2.05, 4.69) is 55.3 Å². The topological polar surface area (TPSA) is 24.1 Å².